The highest BCUT2D eigenvalue weighted by Gasteiger charge is 2.41. The molecule has 5 unspecified atom stereocenters. The zero-order chi connectivity index (χ0) is 22.4. The Hall–Kier alpha value is -2.62. The predicted octanol–water partition coefficient (Wildman–Crippen LogP) is 2.16. The number of nitrogens with zero attached hydrogens (tertiary/aromatic N) is 3. The third-order valence-corrected chi connectivity index (χ3v) is 6.59. The summed E-state index contributed by atoms with van der Waals surface area (Å²) >= 11 is 5.85. The average molecular weight is 460 g/mol. The van der Waals surface area contributed by atoms with E-state index in [4.69, 9.17) is 21.7 Å². The number of aliphatic hydroxyl groups is 1. The van der Waals surface area contributed by atoms with E-state index in [0.717, 1.165) is 0 Å². The van der Waals surface area contributed by atoms with Crippen LogP contribution >= 0.6 is 11.6 Å². The van der Waals surface area contributed by atoms with Gasteiger partial charge in [0.25, 0.3) is 5.91 Å². The normalized spacial score (nSPS) is 29.4. The summed E-state index contributed by atoms with van der Waals surface area (Å²) in [5.74, 6) is -0.613. The van der Waals surface area contributed by atoms with Gasteiger partial charge >= 0.3 is 0 Å². The SMILES string of the molecule is N=C1CN(C(=O)c2ccc(F)cc2OC2CC3CC(O)C(C2)N3)CC1c1ncc(Cl)cn1. The maximum Gasteiger partial charge on any atom is 0.257 e. The lowest BCUT2D eigenvalue weighted by Gasteiger charge is -2.30. The van der Waals surface area contributed by atoms with Gasteiger partial charge in [-0.1, -0.05) is 11.6 Å². The Bertz CT molecular complexity index is 1050. The first-order valence-corrected chi connectivity index (χ1v) is 11.0. The largest absolute Gasteiger partial charge is 0.489 e. The van der Waals surface area contributed by atoms with Crippen LogP contribution in [0, 0.1) is 11.2 Å². The minimum Gasteiger partial charge on any atom is -0.489 e. The molecule has 0 radical (unpaired) electrons. The number of hydrogen-bond acceptors (Lipinski definition) is 7. The Kier molecular flexibility index (Phi) is 5.56. The summed E-state index contributed by atoms with van der Waals surface area (Å²) in [4.78, 5) is 23.2. The molecule has 5 atom stereocenters. The summed E-state index contributed by atoms with van der Waals surface area (Å²) in [6.45, 7) is 0.385. The molecular formula is C22H23ClFN5O3. The van der Waals surface area contributed by atoms with Crippen molar-refractivity contribution in [1.82, 2.24) is 20.2 Å². The van der Waals surface area contributed by atoms with E-state index in [1.165, 1.54) is 35.5 Å². The lowest BCUT2D eigenvalue weighted by molar-refractivity contribution is 0.0776. The summed E-state index contributed by atoms with van der Waals surface area (Å²) in [7, 11) is 0. The number of hydrogen-bond donors (Lipinski definition) is 3. The van der Waals surface area contributed by atoms with E-state index in [2.05, 4.69) is 15.3 Å². The van der Waals surface area contributed by atoms with Crippen molar-refractivity contribution in [2.75, 3.05) is 13.1 Å². The number of carbonyl (C=O) groups excluding carboxylic acids is 1. The molecule has 3 saturated heterocycles. The Morgan fingerprint density at radius 2 is 2.06 bits per heavy atom. The highest BCUT2D eigenvalue weighted by atomic mass is 35.5. The van der Waals surface area contributed by atoms with Crippen molar-refractivity contribution in [2.24, 2.45) is 0 Å². The number of aromatic nitrogens is 2. The highest BCUT2D eigenvalue weighted by molar-refractivity contribution is 6.30. The summed E-state index contributed by atoms with van der Waals surface area (Å²) in [5.41, 5.74) is 0.581. The van der Waals surface area contributed by atoms with Crippen molar-refractivity contribution < 1.29 is 19.0 Å². The van der Waals surface area contributed by atoms with Crippen molar-refractivity contribution in [3.05, 3.63) is 52.8 Å². The Morgan fingerprint density at radius 3 is 2.81 bits per heavy atom. The molecular weight excluding hydrogens is 437 g/mol. The lowest BCUT2D eigenvalue weighted by atomic mass is 10.0. The molecule has 2 aromatic rings. The van der Waals surface area contributed by atoms with Gasteiger partial charge in [-0.05, 0) is 25.0 Å². The summed E-state index contributed by atoms with van der Waals surface area (Å²) in [6, 6.07) is 3.99. The summed E-state index contributed by atoms with van der Waals surface area (Å²) in [6.07, 6.45) is 4.25. The number of rotatable bonds is 4. The van der Waals surface area contributed by atoms with Crippen LogP contribution in [-0.2, 0) is 0 Å². The number of ether oxygens (including phenoxy) is 1. The number of amides is 1. The van der Waals surface area contributed by atoms with Gasteiger partial charge in [-0.3, -0.25) is 4.79 Å². The van der Waals surface area contributed by atoms with E-state index in [0.29, 0.717) is 35.8 Å². The van der Waals surface area contributed by atoms with Crippen molar-refractivity contribution in [2.45, 2.75) is 49.5 Å². The molecule has 3 fully saturated rings. The molecule has 1 amide bonds. The van der Waals surface area contributed by atoms with Crippen LogP contribution in [0.1, 0.15) is 41.4 Å². The second kappa shape index (κ2) is 8.38. The fraction of sp³-hybridized carbons (Fsp3) is 0.455. The first-order valence-electron chi connectivity index (χ1n) is 10.6. The van der Waals surface area contributed by atoms with E-state index in [1.807, 2.05) is 0 Å². The average Bonchev–Trinajstić information content (AvgIpc) is 3.27. The van der Waals surface area contributed by atoms with Crippen LogP contribution in [0.3, 0.4) is 0 Å². The molecule has 0 spiro atoms. The monoisotopic (exact) mass is 459 g/mol. The van der Waals surface area contributed by atoms with Gasteiger partial charge in [-0.25, -0.2) is 14.4 Å². The Labute approximate surface area is 189 Å². The molecule has 0 aliphatic carbocycles. The Morgan fingerprint density at radius 1 is 1.28 bits per heavy atom. The molecule has 4 heterocycles. The number of likely N-dealkylation sites (tertiary alicyclic amines) is 1. The van der Waals surface area contributed by atoms with Gasteiger partial charge in [0.15, 0.2) is 0 Å². The zero-order valence-corrected chi connectivity index (χ0v) is 17.9. The van der Waals surface area contributed by atoms with Gasteiger partial charge in [0.1, 0.15) is 23.5 Å². The van der Waals surface area contributed by atoms with Crippen LogP contribution < -0.4 is 10.1 Å². The predicted molar refractivity (Wildman–Crippen MR) is 115 cm³/mol. The molecule has 32 heavy (non-hydrogen) atoms. The Balaban J connectivity index is 1.34. The first-order chi connectivity index (χ1) is 15.4. The maximum absolute atomic E-state index is 14.0. The van der Waals surface area contributed by atoms with Gasteiger partial charge in [0, 0.05) is 49.2 Å². The highest BCUT2D eigenvalue weighted by Crippen LogP contribution is 2.33. The van der Waals surface area contributed by atoms with Gasteiger partial charge in [-0.2, -0.15) is 0 Å². The van der Waals surface area contributed by atoms with Crippen LogP contribution in [-0.4, -0.2) is 69.0 Å². The van der Waals surface area contributed by atoms with Crippen LogP contribution in [0.25, 0.3) is 0 Å². The fourth-order valence-electron chi connectivity index (χ4n) is 4.85. The molecule has 2 bridgehead atoms. The number of nitrogens with one attached hydrogen (secondary N) is 2. The standard InChI is InChI=1S/C22H23ClFN5O3/c23-11-7-26-21(27-8-11)16-9-29(10-17(16)25)22(31)15-2-1-12(24)3-20(15)32-14-4-13-5-19(30)18(6-14)28-13/h1-3,7-8,13-14,16,18-19,25,28,30H,4-6,9-10H2. The number of benzene rings is 1. The zero-order valence-electron chi connectivity index (χ0n) is 17.2. The topological polar surface area (TPSA) is 111 Å². The van der Waals surface area contributed by atoms with Crippen LogP contribution in [0.4, 0.5) is 4.39 Å². The number of halogens is 2. The van der Waals surface area contributed by atoms with Crippen molar-refractivity contribution >= 4 is 23.2 Å². The molecule has 3 aliphatic rings. The number of aliphatic hydroxyl groups excluding tert-OH is 1. The fourth-order valence-corrected chi connectivity index (χ4v) is 4.94. The first kappa shape index (κ1) is 21.2. The van der Waals surface area contributed by atoms with Gasteiger partial charge < -0.3 is 25.5 Å². The molecule has 5 rings (SSSR count). The van der Waals surface area contributed by atoms with Gasteiger partial charge in [0.05, 0.1) is 29.2 Å². The van der Waals surface area contributed by atoms with Crippen molar-refractivity contribution in [3.63, 3.8) is 0 Å². The smallest absolute Gasteiger partial charge is 0.257 e. The molecule has 3 N–H and O–H groups in total. The summed E-state index contributed by atoms with van der Waals surface area (Å²) < 4.78 is 20.1. The molecule has 3 aliphatic heterocycles. The van der Waals surface area contributed by atoms with E-state index >= 15 is 0 Å². The molecule has 8 nitrogen and oxygen atoms in total. The lowest BCUT2D eigenvalue weighted by Crippen LogP contribution is -2.44. The van der Waals surface area contributed by atoms with Gasteiger partial charge in [-0.15, -0.1) is 0 Å². The summed E-state index contributed by atoms with van der Waals surface area (Å²) in [5, 5.41) is 22.2. The second-order valence-electron chi connectivity index (χ2n) is 8.65. The van der Waals surface area contributed by atoms with Crippen LogP contribution in [0.15, 0.2) is 30.6 Å². The maximum atomic E-state index is 14.0. The molecule has 168 valence electrons. The third kappa shape index (κ3) is 4.07. The number of fused-ring (bicyclic) bond motifs is 2. The van der Waals surface area contributed by atoms with Crippen molar-refractivity contribution in [1.29, 1.82) is 5.41 Å². The molecule has 10 heteroatoms. The molecule has 0 saturated carbocycles. The van der Waals surface area contributed by atoms with E-state index < -0.39 is 17.8 Å². The van der Waals surface area contributed by atoms with Crippen LogP contribution in [0.2, 0.25) is 5.02 Å². The van der Waals surface area contributed by atoms with Crippen LogP contribution in [0.5, 0.6) is 5.75 Å². The molecule has 1 aromatic carbocycles. The minimum absolute atomic E-state index is 0.0503. The third-order valence-electron chi connectivity index (χ3n) is 6.40. The number of piperidine rings is 1. The minimum atomic E-state index is -0.491. The second-order valence-corrected chi connectivity index (χ2v) is 9.08. The van der Waals surface area contributed by atoms with E-state index in [9.17, 15) is 14.3 Å². The van der Waals surface area contributed by atoms with Gasteiger partial charge in [0.2, 0.25) is 0 Å². The number of carbonyl (C=O) groups is 1. The molecule has 1 aromatic heterocycles. The van der Waals surface area contributed by atoms with E-state index in [1.54, 1.807) is 0 Å². The van der Waals surface area contributed by atoms with E-state index in [-0.39, 0.29) is 48.5 Å². The quantitative estimate of drug-likeness (QED) is 0.646. The van der Waals surface area contributed by atoms with Crippen molar-refractivity contribution in [3.8, 4) is 5.75 Å².